The number of rotatable bonds is 5. The van der Waals surface area contributed by atoms with Gasteiger partial charge < -0.3 is 14.7 Å². The van der Waals surface area contributed by atoms with Gasteiger partial charge in [0, 0.05) is 19.0 Å². The van der Waals surface area contributed by atoms with Gasteiger partial charge in [0.1, 0.15) is 5.75 Å². The third-order valence-electron chi connectivity index (χ3n) is 3.93. The second kappa shape index (κ2) is 6.75. The highest BCUT2D eigenvalue weighted by Gasteiger charge is 2.28. The van der Waals surface area contributed by atoms with E-state index in [0.717, 1.165) is 24.3 Å². The Bertz CT molecular complexity index is 459. The van der Waals surface area contributed by atoms with Crippen LogP contribution in [0.3, 0.4) is 0 Å². The number of para-hydroxylation sites is 1. The van der Waals surface area contributed by atoms with Gasteiger partial charge in [-0.25, -0.2) is 0 Å². The quantitative estimate of drug-likeness (QED) is 0.895. The molecule has 2 rings (SSSR count). The normalized spacial score (nSPS) is 19.9. The van der Waals surface area contributed by atoms with Crippen molar-refractivity contribution >= 4 is 5.91 Å². The molecule has 0 bridgehead atoms. The van der Waals surface area contributed by atoms with Crippen LogP contribution in [0.15, 0.2) is 24.3 Å². The maximum atomic E-state index is 12.1. The fourth-order valence-electron chi connectivity index (χ4n) is 2.53. The van der Waals surface area contributed by atoms with Crippen molar-refractivity contribution in [1.29, 1.82) is 0 Å². The summed E-state index contributed by atoms with van der Waals surface area (Å²) in [4.78, 5) is 13.9. The van der Waals surface area contributed by atoms with Gasteiger partial charge in [-0.05, 0) is 31.9 Å². The van der Waals surface area contributed by atoms with E-state index in [0.29, 0.717) is 19.6 Å². The largest absolute Gasteiger partial charge is 0.493 e. The summed E-state index contributed by atoms with van der Waals surface area (Å²) in [5.74, 6) is 1.17. The molecular weight excluding hydrogens is 254 g/mol. The number of carbonyl (C=O) groups excluding carboxylic acids is 1. The van der Waals surface area contributed by atoms with Gasteiger partial charge in [0.15, 0.2) is 0 Å². The van der Waals surface area contributed by atoms with Crippen LogP contribution in [-0.2, 0) is 4.79 Å². The third kappa shape index (κ3) is 3.73. The second-order valence-corrected chi connectivity index (χ2v) is 5.49. The van der Waals surface area contributed by atoms with Gasteiger partial charge in [0.25, 0.3) is 0 Å². The summed E-state index contributed by atoms with van der Waals surface area (Å²) < 4.78 is 5.64. The van der Waals surface area contributed by atoms with Gasteiger partial charge in [-0.15, -0.1) is 0 Å². The predicted molar refractivity (Wildman–Crippen MR) is 77.7 cm³/mol. The maximum absolute atomic E-state index is 12.1. The Hall–Kier alpha value is -1.55. The molecule has 1 N–H and O–H groups in total. The SMILES string of the molecule is Cc1ccccc1OCCC(=O)N1CCC(C(C)O)C1. The molecule has 0 aliphatic carbocycles. The van der Waals surface area contributed by atoms with Crippen molar-refractivity contribution in [3.05, 3.63) is 29.8 Å². The number of benzene rings is 1. The molecule has 1 amide bonds. The van der Waals surface area contributed by atoms with Gasteiger partial charge in [0.05, 0.1) is 19.1 Å². The number of aliphatic hydroxyl groups is 1. The Morgan fingerprint density at radius 2 is 2.25 bits per heavy atom. The zero-order chi connectivity index (χ0) is 14.5. The molecule has 2 unspecified atom stereocenters. The van der Waals surface area contributed by atoms with E-state index in [4.69, 9.17) is 4.74 Å². The number of amides is 1. The molecule has 0 radical (unpaired) electrons. The van der Waals surface area contributed by atoms with E-state index in [9.17, 15) is 9.90 Å². The molecule has 1 fully saturated rings. The maximum Gasteiger partial charge on any atom is 0.226 e. The smallest absolute Gasteiger partial charge is 0.226 e. The van der Waals surface area contributed by atoms with E-state index < -0.39 is 0 Å². The molecule has 0 aromatic heterocycles. The predicted octanol–water partition coefficient (Wildman–Crippen LogP) is 1.99. The Morgan fingerprint density at radius 3 is 2.90 bits per heavy atom. The minimum atomic E-state index is -0.337. The topological polar surface area (TPSA) is 49.8 Å². The highest BCUT2D eigenvalue weighted by molar-refractivity contribution is 5.76. The molecule has 0 saturated carbocycles. The second-order valence-electron chi connectivity index (χ2n) is 5.49. The molecule has 4 heteroatoms. The molecule has 1 aromatic rings. The Labute approximate surface area is 120 Å². The number of aliphatic hydroxyl groups excluding tert-OH is 1. The van der Waals surface area contributed by atoms with E-state index in [1.54, 1.807) is 6.92 Å². The molecule has 0 spiro atoms. The highest BCUT2D eigenvalue weighted by Crippen LogP contribution is 2.21. The lowest BCUT2D eigenvalue weighted by Crippen LogP contribution is -2.31. The number of hydrogen-bond acceptors (Lipinski definition) is 3. The minimum absolute atomic E-state index is 0.113. The first kappa shape index (κ1) is 14.9. The molecule has 20 heavy (non-hydrogen) atoms. The number of hydrogen-bond donors (Lipinski definition) is 1. The van der Waals surface area contributed by atoms with Crippen LogP contribution >= 0.6 is 0 Å². The first-order valence-electron chi connectivity index (χ1n) is 7.22. The summed E-state index contributed by atoms with van der Waals surface area (Å²) >= 11 is 0. The fourth-order valence-corrected chi connectivity index (χ4v) is 2.53. The average molecular weight is 277 g/mol. The van der Waals surface area contributed by atoms with Gasteiger partial charge in [-0.3, -0.25) is 4.79 Å². The molecular formula is C16H23NO3. The minimum Gasteiger partial charge on any atom is -0.493 e. The molecule has 4 nitrogen and oxygen atoms in total. The van der Waals surface area contributed by atoms with E-state index in [1.807, 2.05) is 36.1 Å². The van der Waals surface area contributed by atoms with Crippen molar-refractivity contribution in [3.8, 4) is 5.75 Å². The highest BCUT2D eigenvalue weighted by atomic mass is 16.5. The standard InChI is InChI=1S/C16H23NO3/c1-12-5-3-4-6-15(12)20-10-8-16(19)17-9-7-14(11-17)13(2)18/h3-6,13-14,18H,7-11H2,1-2H3. The van der Waals surface area contributed by atoms with Gasteiger partial charge in [-0.2, -0.15) is 0 Å². The zero-order valence-electron chi connectivity index (χ0n) is 12.2. The summed E-state index contributed by atoms with van der Waals surface area (Å²) in [6.07, 6.45) is 0.944. The summed E-state index contributed by atoms with van der Waals surface area (Å²) in [5.41, 5.74) is 1.08. The van der Waals surface area contributed by atoms with Crippen LogP contribution in [0.2, 0.25) is 0 Å². The molecule has 1 aliphatic rings. The number of ether oxygens (including phenoxy) is 1. The number of carbonyl (C=O) groups is 1. The summed E-state index contributed by atoms with van der Waals surface area (Å²) in [6, 6.07) is 7.80. The van der Waals surface area contributed by atoms with Crippen LogP contribution in [-0.4, -0.2) is 41.7 Å². The Balaban J connectivity index is 1.75. The first-order chi connectivity index (χ1) is 9.58. The summed E-state index contributed by atoms with van der Waals surface area (Å²) in [5, 5.41) is 9.54. The van der Waals surface area contributed by atoms with Gasteiger partial charge in [0.2, 0.25) is 5.91 Å². The molecule has 110 valence electrons. The molecule has 1 aliphatic heterocycles. The lowest BCUT2D eigenvalue weighted by Gasteiger charge is -2.18. The zero-order valence-corrected chi connectivity index (χ0v) is 12.2. The van der Waals surface area contributed by atoms with Crippen LogP contribution in [0.25, 0.3) is 0 Å². The number of aryl methyl sites for hydroxylation is 1. The monoisotopic (exact) mass is 277 g/mol. The Morgan fingerprint density at radius 1 is 1.50 bits per heavy atom. The van der Waals surface area contributed by atoms with Gasteiger partial charge in [-0.1, -0.05) is 18.2 Å². The molecule has 1 heterocycles. The lowest BCUT2D eigenvalue weighted by atomic mass is 10.0. The van der Waals surface area contributed by atoms with E-state index in [2.05, 4.69) is 0 Å². The van der Waals surface area contributed by atoms with E-state index in [1.165, 1.54) is 0 Å². The Kier molecular flexibility index (Phi) is 5.01. The molecule has 2 atom stereocenters. The molecule has 1 aromatic carbocycles. The van der Waals surface area contributed by atoms with E-state index in [-0.39, 0.29) is 17.9 Å². The lowest BCUT2D eigenvalue weighted by molar-refractivity contribution is -0.130. The van der Waals surface area contributed by atoms with Crippen LogP contribution < -0.4 is 4.74 Å². The van der Waals surface area contributed by atoms with Crippen LogP contribution in [0, 0.1) is 12.8 Å². The average Bonchev–Trinajstić information content (AvgIpc) is 2.91. The molecule has 1 saturated heterocycles. The summed E-state index contributed by atoms with van der Waals surface area (Å²) in [7, 11) is 0. The van der Waals surface area contributed by atoms with Crippen LogP contribution in [0.1, 0.15) is 25.3 Å². The van der Waals surface area contributed by atoms with Crippen molar-refractivity contribution in [1.82, 2.24) is 4.90 Å². The van der Waals surface area contributed by atoms with Crippen LogP contribution in [0.5, 0.6) is 5.75 Å². The summed E-state index contributed by atoms with van der Waals surface area (Å²) in [6.45, 7) is 5.60. The van der Waals surface area contributed by atoms with Crippen molar-refractivity contribution in [2.24, 2.45) is 5.92 Å². The van der Waals surface area contributed by atoms with Crippen molar-refractivity contribution in [3.63, 3.8) is 0 Å². The number of nitrogens with zero attached hydrogens (tertiary/aromatic N) is 1. The fraction of sp³-hybridized carbons (Fsp3) is 0.562. The van der Waals surface area contributed by atoms with Gasteiger partial charge >= 0.3 is 0 Å². The third-order valence-corrected chi connectivity index (χ3v) is 3.93. The number of likely N-dealkylation sites (tertiary alicyclic amines) is 1. The van der Waals surface area contributed by atoms with Crippen molar-refractivity contribution in [2.45, 2.75) is 32.8 Å². The first-order valence-corrected chi connectivity index (χ1v) is 7.22. The van der Waals surface area contributed by atoms with E-state index >= 15 is 0 Å². The van der Waals surface area contributed by atoms with Crippen molar-refractivity contribution < 1.29 is 14.6 Å². The van der Waals surface area contributed by atoms with Crippen molar-refractivity contribution in [2.75, 3.05) is 19.7 Å². The van der Waals surface area contributed by atoms with Crippen LogP contribution in [0.4, 0.5) is 0 Å².